The standard InChI is InChI=1S/C7H8.C6H9N.C6H8S.C4H9NO.C3H9N.4C2H6/c1-7-5-3-2-4-6-7;1-6-4-3-5-7(6)2;1-5-3-4-7-6(5)2;1-4(6)5(2)3;1-4(2)3;4*1-2/h2-6H,1H3;3-5H,1-2H3;3-4H,1-2H3;1-3H3;1-3H3;4*1-2H3. The lowest BCUT2D eigenvalue weighted by Crippen LogP contribution is -2.17. The van der Waals surface area contributed by atoms with Gasteiger partial charge in [0.2, 0.25) is 5.91 Å². The highest BCUT2D eigenvalue weighted by atomic mass is 32.1. The number of benzene rings is 1. The third-order valence-corrected chi connectivity index (χ3v) is 4.84. The monoisotopic (exact) mass is 566 g/mol. The first-order valence-electron chi connectivity index (χ1n) is 14.3. The lowest BCUT2D eigenvalue weighted by Gasteiger charge is -2.02. The predicted molar refractivity (Wildman–Crippen MR) is 184 cm³/mol. The van der Waals surface area contributed by atoms with E-state index in [4.69, 9.17) is 0 Å². The first kappa shape index (κ1) is 49.6. The zero-order valence-corrected chi connectivity index (χ0v) is 30.2. The molecule has 1 aromatic carbocycles. The van der Waals surface area contributed by atoms with Crippen molar-refractivity contribution < 1.29 is 4.79 Å². The van der Waals surface area contributed by atoms with Crippen LogP contribution in [0.1, 0.15) is 84.0 Å². The molecule has 2 aromatic heterocycles. The maximum absolute atomic E-state index is 10.1. The second-order valence-electron chi connectivity index (χ2n) is 7.83. The van der Waals surface area contributed by atoms with Crippen LogP contribution in [-0.4, -0.2) is 55.5 Å². The van der Waals surface area contributed by atoms with E-state index in [9.17, 15) is 4.79 Å². The Morgan fingerprint density at radius 2 is 1.08 bits per heavy atom. The number of aryl methyl sites for hydroxylation is 5. The van der Waals surface area contributed by atoms with Crippen molar-refractivity contribution in [2.75, 3.05) is 35.2 Å². The van der Waals surface area contributed by atoms with Crippen molar-refractivity contribution in [3.63, 3.8) is 0 Å². The molecule has 1 amide bonds. The Kier molecular flexibility index (Phi) is 51.0. The molecule has 0 aliphatic heterocycles. The molecule has 5 heteroatoms. The number of hydrogen-bond acceptors (Lipinski definition) is 3. The van der Waals surface area contributed by atoms with Crippen LogP contribution in [0.2, 0.25) is 0 Å². The number of hydrogen-bond donors (Lipinski definition) is 0. The second-order valence-corrected chi connectivity index (χ2v) is 8.95. The third kappa shape index (κ3) is 45.9. The van der Waals surface area contributed by atoms with Gasteiger partial charge in [-0.15, -0.1) is 11.3 Å². The normalized spacial score (nSPS) is 7.69. The number of nitrogens with zero attached hydrogens (tertiary/aromatic N) is 3. The van der Waals surface area contributed by atoms with E-state index in [2.05, 4.69) is 61.9 Å². The fourth-order valence-corrected chi connectivity index (χ4v) is 2.26. The Morgan fingerprint density at radius 1 is 0.692 bits per heavy atom. The molecule has 0 spiro atoms. The fourth-order valence-electron chi connectivity index (χ4n) is 1.53. The van der Waals surface area contributed by atoms with Crippen LogP contribution < -0.4 is 0 Å². The van der Waals surface area contributed by atoms with Crippen molar-refractivity contribution in [3.05, 3.63) is 81.8 Å². The van der Waals surface area contributed by atoms with Crippen molar-refractivity contribution in [3.8, 4) is 0 Å². The molecule has 0 aliphatic carbocycles. The first-order valence-corrected chi connectivity index (χ1v) is 15.2. The third-order valence-electron chi connectivity index (χ3n) is 3.89. The SMILES string of the molecule is CC.CC.CC.CC.CC(=O)N(C)C.CN(C)C.Cc1ccccc1.Cc1cccn1C.Cc1ccsc1C. The number of thiophene rings is 1. The molecule has 0 fully saturated rings. The number of rotatable bonds is 0. The van der Waals surface area contributed by atoms with E-state index in [1.807, 2.05) is 119 Å². The summed E-state index contributed by atoms with van der Waals surface area (Å²) in [5.41, 5.74) is 4.03. The Bertz CT molecular complexity index is 733. The van der Waals surface area contributed by atoms with Gasteiger partial charge in [-0.05, 0) is 78.0 Å². The molecule has 4 nitrogen and oxygen atoms in total. The molecule has 0 N–H and O–H groups in total. The van der Waals surface area contributed by atoms with Crippen LogP contribution in [-0.2, 0) is 11.8 Å². The number of amides is 1. The van der Waals surface area contributed by atoms with Gasteiger partial charge in [-0.3, -0.25) is 4.79 Å². The van der Waals surface area contributed by atoms with Crippen LogP contribution >= 0.6 is 11.3 Å². The van der Waals surface area contributed by atoms with Crippen LogP contribution in [0.5, 0.6) is 0 Å². The highest BCUT2D eigenvalue weighted by Gasteiger charge is 1.88. The molecule has 0 atom stereocenters. The van der Waals surface area contributed by atoms with Gasteiger partial charge in [0.15, 0.2) is 0 Å². The molecule has 0 saturated carbocycles. The molecule has 0 radical (unpaired) electrons. The van der Waals surface area contributed by atoms with Gasteiger partial charge >= 0.3 is 0 Å². The maximum atomic E-state index is 10.1. The summed E-state index contributed by atoms with van der Waals surface area (Å²) >= 11 is 1.80. The first-order chi connectivity index (χ1) is 18.4. The van der Waals surface area contributed by atoms with Crippen molar-refractivity contribution in [1.82, 2.24) is 14.4 Å². The van der Waals surface area contributed by atoms with Crippen LogP contribution in [0.4, 0.5) is 0 Å². The summed E-state index contributed by atoms with van der Waals surface area (Å²) in [5, 5.41) is 2.12. The number of carbonyl (C=O) groups is 1. The molecule has 0 saturated heterocycles. The van der Waals surface area contributed by atoms with Crippen LogP contribution in [0.25, 0.3) is 0 Å². The van der Waals surface area contributed by atoms with Gasteiger partial charge in [-0.25, -0.2) is 0 Å². The average molecular weight is 566 g/mol. The van der Waals surface area contributed by atoms with Gasteiger partial charge in [0, 0.05) is 44.8 Å². The molecule has 2 heterocycles. The van der Waals surface area contributed by atoms with Gasteiger partial charge in [0.1, 0.15) is 0 Å². The topological polar surface area (TPSA) is 28.5 Å². The fraction of sp³-hybridized carbons (Fsp3) is 0.559. The highest BCUT2D eigenvalue weighted by molar-refractivity contribution is 7.10. The van der Waals surface area contributed by atoms with Gasteiger partial charge < -0.3 is 14.4 Å². The summed E-state index contributed by atoms with van der Waals surface area (Å²) in [6, 6.07) is 16.5. The van der Waals surface area contributed by atoms with E-state index < -0.39 is 0 Å². The molecule has 39 heavy (non-hydrogen) atoms. The van der Waals surface area contributed by atoms with Gasteiger partial charge in [-0.2, -0.15) is 0 Å². The lowest BCUT2D eigenvalue weighted by molar-refractivity contribution is -0.126. The van der Waals surface area contributed by atoms with E-state index in [1.54, 1.807) is 25.4 Å². The molecule has 3 aromatic rings. The minimum Gasteiger partial charge on any atom is -0.355 e. The predicted octanol–water partition coefficient (Wildman–Crippen LogP) is 10.1. The van der Waals surface area contributed by atoms with E-state index in [-0.39, 0.29) is 5.91 Å². The minimum atomic E-state index is 0.0926. The molecule has 230 valence electrons. The summed E-state index contributed by atoms with van der Waals surface area (Å²) in [4.78, 5) is 15.0. The molecule has 0 unspecified atom stereocenters. The van der Waals surface area contributed by atoms with Gasteiger partial charge in [0.25, 0.3) is 0 Å². The van der Waals surface area contributed by atoms with Crippen molar-refractivity contribution in [2.24, 2.45) is 7.05 Å². The van der Waals surface area contributed by atoms with Gasteiger partial charge in [0.05, 0.1) is 0 Å². The van der Waals surface area contributed by atoms with Crippen molar-refractivity contribution >= 4 is 17.2 Å². The molecular formula is C34H67N3OS. The quantitative estimate of drug-likeness (QED) is 0.271. The van der Waals surface area contributed by atoms with Crippen LogP contribution in [0.3, 0.4) is 0 Å². The van der Waals surface area contributed by atoms with Crippen LogP contribution in [0, 0.1) is 27.7 Å². The summed E-state index contributed by atoms with van der Waals surface area (Å²) < 4.78 is 2.08. The Hall–Kier alpha value is -2.37. The van der Waals surface area contributed by atoms with E-state index in [0.717, 1.165) is 0 Å². The summed E-state index contributed by atoms with van der Waals surface area (Å²) in [6.45, 7) is 26.0. The summed E-state index contributed by atoms with van der Waals surface area (Å²) in [5.74, 6) is 0.0926. The maximum Gasteiger partial charge on any atom is 0.218 e. The Morgan fingerprint density at radius 3 is 1.18 bits per heavy atom. The molecule has 3 rings (SSSR count). The highest BCUT2D eigenvalue weighted by Crippen LogP contribution is 2.12. The molecular weight excluding hydrogens is 498 g/mol. The Labute approximate surface area is 250 Å². The zero-order valence-electron chi connectivity index (χ0n) is 29.4. The second kappa shape index (κ2) is 40.1. The van der Waals surface area contributed by atoms with Gasteiger partial charge in [-0.1, -0.05) is 91.3 Å². The minimum absolute atomic E-state index is 0.0926. The summed E-state index contributed by atoms with van der Waals surface area (Å²) in [7, 11) is 11.5. The molecule has 0 aliphatic rings. The number of aromatic nitrogens is 1. The van der Waals surface area contributed by atoms with Crippen molar-refractivity contribution in [2.45, 2.75) is 90.0 Å². The Balaban J connectivity index is -0.0000000826. The lowest BCUT2D eigenvalue weighted by atomic mass is 10.2. The van der Waals surface area contributed by atoms with E-state index >= 15 is 0 Å². The smallest absolute Gasteiger partial charge is 0.218 e. The largest absolute Gasteiger partial charge is 0.355 e. The zero-order chi connectivity index (χ0) is 32.4. The molecule has 0 bridgehead atoms. The van der Waals surface area contributed by atoms with E-state index in [1.165, 1.54) is 33.5 Å². The number of carbonyl (C=O) groups excluding carboxylic acids is 1. The average Bonchev–Trinajstić information content (AvgIpc) is 3.50. The van der Waals surface area contributed by atoms with Crippen molar-refractivity contribution in [1.29, 1.82) is 0 Å². The van der Waals surface area contributed by atoms with Crippen LogP contribution in [0.15, 0.2) is 60.1 Å². The van der Waals surface area contributed by atoms with E-state index in [0.29, 0.717) is 0 Å². The summed E-state index contributed by atoms with van der Waals surface area (Å²) in [6.07, 6.45) is 2.04.